The Kier molecular flexibility index (Phi) is 2.24. The smallest absolute Gasteiger partial charge is 0.340 e. The van der Waals surface area contributed by atoms with Gasteiger partial charge in [0, 0.05) is 0 Å². The zero-order valence-corrected chi connectivity index (χ0v) is 7.84. The molecule has 0 aliphatic heterocycles. The summed E-state index contributed by atoms with van der Waals surface area (Å²) in [5.41, 5.74) is -0.818. The topological polar surface area (TPSA) is 101 Å². The van der Waals surface area contributed by atoms with Gasteiger partial charge >= 0.3 is 11.9 Å². The van der Waals surface area contributed by atoms with Gasteiger partial charge < -0.3 is 19.0 Å². The van der Waals surface area contributed by atoms with Gasteiger partial charge in [-0.25, -0.2) is 9.59 Å². The Morgan fingerprint density at radius 1 is 1.12 bits per heavy atom. The number of furan rings is 2. The maximum absolute atomic E-state index is 10.9. The molecule has 6 nitrogen and oxygen atoms in total. The average molecular weight is 222 g/mol. The van der Waals surface area contributed by atoms with Gasteiger partial charge in [0.1, 0.15) is 17.4 Å². The Balaban J connectivity index is 2.64. The number of carboxylic acids is 2. The van der Waals surface area contributed by atoms with Crippen molar-refractivity contribution < 1.29 is 28.6 Å². The van der Waals surface area contributed by atoms with Crippen molar-refractivity contribution >= 4 is 11.9 Å². The van der Waals surface area contributed by atoms with Gasteiger partial charge in [0.05, 0.1) is 6.26 Å². The van der Waals surface area contributed by atoms with Crippen LogP contribution >= 0.6 is 0 Å². The molecule has 0 aliphatic rings. The summed E-state index contributed by atoms with van der Waals surface area (Å²) < 4.78 is 9.86. The van der Waals surface area contributed by atoms with E-state index >= 15 is 0 Å². The van der Waals surface area contributed by atoms with Gasteiger partial charge in [0.25, 0.3) is 0 Å². The van der Waals surface area contributed by atoms with E-state index in [9.17, 15) is 9.59 Å². The van der Waals surface area contributed by atoms with Crippen LogP contribution in [0, 0.1) is 0 Å². The molecule has 0 saturated carbocycles. The standard InChI is InChI=1S/C10H6O6/c11-9(12)5-4-16-8(7(5)10(13)14)6-2-1-3-15-6/h1-4H,(H,11,12)(H,13,14). The highest BCUT2D eigenvalue weighted by atomic mass is 16.4. The zero-order chi connectivity index (χ0) is 11.7. The molecule has 6 heteroatoms. The molecule has 2 aromatic rings. The molecule has 0 bridgehead atoms. The fourth-order valence-electron chi connectivity index (χ4n) is 1.32. The van der Waals surface area contributed by atoms with Crippen molar-refractivity contribution in [3.63, 3.8) is 0 Å². The van der Waals surface area contributed by atoms with Crippen molar-refractivity contribution in [3.05, 3.63) is 35.8 Å². The molecular formula is C10H6O6. The molecule has 0 saturated heterocycles. The molecule has 0 amide bonds. The summed E-state index contributed by atoms with van der Waals surface area (Å²) >= 11 is 0. The summed E-state index contributed by atoms with van der Waals surface area (Å²) in [5.74, 6) is -2.67. The summed E-state index contributed by atoms with van der Waals surface area (Å²) in [6, 6.07) is 3.03. The van der Waals surface area contributed by atoms with Crippen LogP contribution in [0.25, 0.3) is 11.5 Å². The lowest BCUT2D eigenvalue weighted by Crippen LogP contribution is -2.05. The van der Waals surface area contributed by atoms with Gasteiger partial charge in [0.15, 0.2) is 11.5 Å². The van der Waals surface area contributed by atoms with E-state index in [1.165, 1.54) is 12.3 Å². The Morgan fingerprint density at radius 2 is 1.88 bits per heavy atom. The molecule has 2 rings (SSSR count). The molecule has 0 aliphatic carbocycles. The Bertz CT molecular complexity index is 534. The minimum atomic E-state index is -1.38. The molecular weight excluding hydrogens is 216 g/mol. The normalized spacial score (nSPS) is 10.2. The Labute approximate surface area is 88.7 Å². The van der Waals surface area contributed by atoms with Crippen LogP contribution in [-0.4, -0.2) is 22.2 Å². The Morgan fingerprint density at radius 3 is 2.38 bits per heavy atom. The number of rotatable bonds is 3. The molecule has 0 unspecified atom stereocenters. The highest BCUT2D eigenvalue weighted by Crippen LogP contribution is 2.28. The van der Waals surface area contributed by atoms with Crippen LogP contribution in [0.3, 0.4) is 0 Å². The minimum Gasteiger partial charge on any atom is -0.478 e. The third kappa shape index (κ3) is 1.46. The highest BCUT2D eigenvalue weighted by molar-refractivity contribution is 6.05. The van der Waals surface area contributed by atoms with E-state index in [1.54, 1.807) is 6.07 Å². The van der Waals surface area contributed by atoms with Gasteiger partial charge in [0.2, 0.25) is 0 Å². The first-order valence-electron chi connectivity index (χ1n) is 4.23. The van der Waals surface area contributed by atoms with Crippen LogP contribution in [0.2, 0.25) is 0 Å². The maximum Gasteiger partial charge on any atom is 0.340 e. The number of aromatic carboxylic acids is 2. The maximum atomic E-state index is 10.9. The highest BCUT2D eigenvalue weighted by Gasteiger charge is 2.26. The van der Waals surface area contributed by atoms with Crippen LogP contribution < -0.4 is 0 Å². The second-order valence-corrected chi connectivity index (χ2v) is 2.94. The largest absolute Gasteiger partial charge is 0.478 e. The van der Waals surface area contributed by atoms with Crippen LogP contribution in [-0.2, 0) is 0 Å². The monoisotopic (exact) mass is 222 g/mol. The molecule has 82 valence electrons. The zero-order valence-electron chi connectivity index (χ0n) is 7.84. The van der Waals surface area contributed by atoms with Gasteiger partial charge in [-0.1, -0.05) is 0 Å². The molecule has 0 aromatic carbocycles. The number of hydrogen-bond donors (Lipinski definition) is 2. The van der Waals surface area contributed by atoms with E-state index in [-0.39, 0.29) is 11.5 Å². The number of carboxylic acid groups (broad SMARTS) is 2. The molecule has 0 radical (unpaired) electrons. The van der Waals surface area contributed by atoms with Gasteiger partial charge in [-0.05, 0) is 12.1 Å². The molecule has 2 N–H and O–H groups in total. The first-order valence-corrected chi connectivity index (χ1v) is 4.23. The van der Waals surface area contributed by atoms with Crippen molar-refractivity contribution in [2.45, 2.75) is 0 Å². The SMILES string of the molecule is O=C(O)c1coc(-c2ccco2)c1C(=O)O. The van der Waals surface area contributed by atoms with Crippen molar-refractivity contribution in [1.82, 2.24) is 0 Å². The minimum absolute atomic E-state index is 0.102. The predicted octanol–water partition coefficient (Wildman–Crippen LogP) is 1.94. The quantitative estimate of drug-likeness (QED) is 0.822. The molecule has 0 fully saturated rings. The fraction of sp³-hybridized carbons (Fsp3) is 0. The summed E-state index contributed by atoms with van der Waals surface area (Å²) in [7, 11) is 0. The third-order valence-electron chi connectivity index (χ3n) is 1.98. The van der Waals surface area contributed by atoms with Gasteiger partial charge in [-0.2, -0.15) is 0 Å². The van der Waals surface area contributed by atoms with Crippen LogP contribution in [0.15, 0.2) is 33.5 Å². The molecule has 2 aromatic heterocycles. The van der Waals surface area contributed by atoms with Crippen molar-refractivity contribution in [3.8, 4) is 11.5 Å². The first-order chi connectivity index (χ1) is 7.61. The van der Waals surface area contributed by atoms with E-state index in [1.807, 2.05) is 0 Å². The van der Waals surface area contributed by atoms with E-state index in [2.05, 4.69) is 0 Å². The van der Waals surface area contributed by atoms with Gasteiger partial charge in [-0.3, -0.25) is 0 Å². The van der Waals surface area contributed by atoms with Gasteiger partial charge in [-0.15, -0.1) is 0 Å². The summed E-state index contributed by atoms with van der Waals surface area (Å²) in [4.78, 5) is 21.7. The van der Waals surface area contributed by atoms with Crippen LogP contribution in [0.5, 0.6) is 0 Å². The third-order valence-corrected chi connectivity index (χ3v) is 1.98. The van der Waals surface area contributed by atoms with E-state index in [0.717, 1.165) is 6.26 Å². The lowest BCUT2D eigenvalue weighted by Gasteiger charge is -1.95. The molecule has 2 heterocycles. The van der Waals surface area contributed by atoms with E-state index in [4.69, 9.17) is 19.0 Å². The lowest BCUT2D eigenvalue weighted by atomic mass is 10.1. The molecule has 0 spiro atoms. The summed E-state index contributed by atoms with van der Waals surface area (Å²) in [5, 5.41) is 17.7. The molecule has 16 heavy (non-hydrogen) atoms. The number of carbonyl (C=O) groups is 2. The average Bonchev–Trinajstić information content (AvgIpc) is 2.85. The summed E-state index contributed by atoms with van der Waals surface area (Å²) in [6.45, 7) is 0. The number of hydrogen-bond acceptors (Lipinski definition) is 4. The second kappa shape index (κ2) is 3.58. The van der Waals surface area contributed by atoms with Crippen molar-refractivity contribution in [1.29, 1.82) is 0 Å². The second-order valence-electron chi connectivity index (χ2n) is 2.94. The molecule has 0 atom stereocenters. The van der Waals surface area contributed by atoms with Crippen LogP contribution in [0.1, 0.15) is 20.7 Å². The summed E-state index contributed by atoms with van der Waals surface area (Å²) in [6.07, 6.45) is 2.22. The lowest BCUT2D eigenvalue weighted by molar-refractivity contribution is 0.0653. The fourth-order valence-corrected chi connectivity index (χ4v) is 1.32. The van der Waals surface area contributed by atoms with Crippen LogP contribution in [0.4, 0.5) is 0 Å². The van der Waals surface area contributed by atoms with E-state index in [0.29, 0.717) is 0 Å². The van der Waals surface area contributed by atoms with Crippen molar-refractivity contribution in [2.24, 2.45) is 0 Å². The van der Waals surface area contributed by atoms with E-state index < -0.39 is 23.1 Å². The first kappa shape index (κ1) is 10.0. The van der Waals surface area contributed by atoms with Crippen molar-refractivity contribution in [2.75, 3.05) is 0 Å². The Hall–Kier alpha value is -2.50. The predicted molar refractivity (Wildman–Crippen MR) is 50.3 cm³/mol.